The average Bonchev–Trinajstić information content (AvgIpc) is 2.86. The van der Waals surface area contributed by atoms with Gasteiger partial charge in [-0.2, -0.15) is 0 Å². The predicted molar refractivity (Wildman–Crippen MR) is 90.3 cm³/mol. The van der Waals surface area contributed by atoms with Crippen molar-refractivity contribution in [1.82, 2.24) is 4.90 Å². The van der Waals surface area contributed by atoms with Gasteiger partial charge in [0.2, 0.25) is 0 Å². The number of fused-ring (bicyclic) bond motifs is 3. The molecule has 3 rings (SSSR count). The van der Waals surface area contributed by atoms with Crippen molar-refractivity contribution in [3.63, 3.8) is 0 Å². The second-order valence-corrected chi connectivity index (χ2v) is 7.29. The predicted octanol–water partition coefficient (Wildman–Crippen LogP) is 3.37. The molecule has 0 radical (unpaired) electrons. The van der Waals surface area contributed by atoms with Crippen LogP contribution in [0.25, 0.3) is 0 Å². The Balaban J connectivity index is 1.84. The number of methoxy groups -OCH3 is 1. The molecule has 0 N–H and O–H groups in total. The number of hydrogen-bond donors (Lipinski definition) is 0. The van der Waals surface area contributed by atoms with Crippen molar-refractivity contribution in [1.29, 1.82) is 0 Å². The number of benzene rings is 1. The molecule has 130 valence electrons. The van der Waals surface area contributed by atoms with E-state index in [2.05, 4.69) is 0 Å². The van der Waals surface area contributed by atoms with Gasteiger partial charge in [0.1, 0.15) is 5.60 Å². The lowest BCUT2D eigenvalue weighted by Crippen LogP contribution is -2.50. The van der Waals surface area contributed by atoms with Gasteiger partial charge in [0, 0.05) is 19.0 Å². The average molecular weight is 332 g/mol. The summed E-state index contributed by atoms with van der Waals surface area (Å²) >= 11 is 0. The maximum Gasteiger partial charge on any atom is 0.414 e. The van der Waals surface area contributed by atoms with E-state index in [1.807, 2.05) is 45.0 Å². The molecule has 1 saturated heterocycles. The summed E-state index contributed by atoms with van der Waals surface area (Å²) < 4.78 is 10.5. The van der Waals surface area contributed by atoms with E-state index in [9.17, 15) is 9.59 Å². The van der Waals surface area contributed by atoms with E-state index in [-0.39, 0.29) is 24.1 Å². The molecule has 2 amide bonds. The number of amides is 2. The number of likely N-dealkylation sites (tertiary alicyclic amines) is 1. The lowest BCUT2D eigenvalue weighted by molar-refractivity contribution is 0.0190. The van der Waals surface area contributed by atoms with E-state index in [0.29, 0.717) is 19.5 Å². The quantitative estimate of drug-likeness (QED) is 0.731. The molecule has 6 heteroatoms. The molecule has 2 atom stereocenters. The monoisotopic (exact) mass is 332 g/mol. The molecule has 0 spiro atoms. The minimum atomic E-state index is -0.514. The molecule has 6 nitrogen and oxygen atoms in total. The van der Waals surface area contributed by atoms with Crippen molar-refractivity contribution >= 4 is 17.9 Å². The van der Waals surface area contributed by atoms with Crippen molar-refractivity contribution in [2.75, 3.05) is 25.1 Å². The summed E-state index contributed by atoms with van der Waals surface area (Å²) in [7, 11) is 1.40. The van der Waals surface area contributed by atoms with Crippen molar-refractivity contribution in [3.8, 4) is 0 Å². The van der Waals surface area contributed by atoms with E-state index in [1.54, 1.807) is 9.80 Å². The molecule has 2 aliphatic rings. The van der Waals surface area contributed by atoms with Gasteiger partial charge in [-0.15, -0.1) is 0 Å². The summed E-state index contributed by atoms with van der Waals surface area (Å²) in [6, 6.07) is 7.85. The topological polar surface area (TPSA) is 59.1 Å². The Morgan fingerprint density at radius 3 is 2.54 bits per heavy atom. The van der Waals surface area contributed by atoms with Gasteiger partial charge < -0.3 is 14.4 Å². The molecule has 1 aromatic rings. The molecular weight excluding hydrogens is 308 g/mol. The summed E-state index contributed by atoms with van der Waals surface area (Å²) in [4.78, 5) is 28.1. The Morgan fingerprint density at radius 2 is 1.88 bits per heavy atom. The highest BCUT2D eigenvalue weighted by molar-refractivity contribution is 5.92. The normalized spacial score (nSPS) is 22.7. The van der Waals surface area contributed by atoms with Crippen LogP contribution >= 0.6 is 0 Å². The molecule has 2 heterocycles. The van der Waals surface area contributed by atoms with Crippen LogP contribution in [-0.2, 0) is 9.47 Å². The summed E-state index contributed by atoms with van der Waals surface area (Å²) in [6.07, 6.45) is 0.0591. The highest BCUT2D eigenvalue weighted by Crippen LogP contribution is 2.44. The lowest BCUT2D eigenvalue weighted by atomic mass is 9.89. The molecular formula is C18H24N2O4. The second-order valence-electron chi connectivity index (χ2n) is 7.29. The second kappa shape index (κ2) is 6.00. The standard InChI is InChI=1S/C18H24N2O4/c1-18(2,3)24-16(21)19-10-9-15-13(11-19)12-7-5-6-8-14(12)20(15)17(22)23-4/h5-8,13,15H,9-11H2,1-4H3/t13-,15+/m0/s1. The molecule has 0 unspecified atom stereocenters. The Bertz CT molecular complexity index is 653. The van der Waals surface area contributed by atoms with Gasteiger partial charge in [-0.3, -0.25) is 4.90 Å². The third kappa shape index (κ3) is 2.92. The van der Waals surface area contributed by atoms with Crippen LogP contribution in [0.1, 0.15) is 38.7 Å². The number of ether oxygens (including phenoxy) is 2. The lowest BCUT2D eigenvalue weighted by Gasteiger charge is -2.38. The number of piperidine rings is 1. The number of para-hydroxylation sites is 1. The number of carbonyl (C=O) groups excluding carboxylic acids is 2. The van der Waals surface area contributed by atoms with Gasteiger partial charge in [0.05, 0.1) is 18.8 Å². The number of carbonyl (C=O) groups is 2. The summed E-state index contributed by atoms with van der Waals surface area (Å²) in [5, 5.41) is 0. The molecule has 0 saturated carbocycles. The van der Waals surface area contributed by atoms with E-state index in [0.717, 1.165) is 11.3 Å². The van der Waals surface area contributed by atoms with Gasteiger partial charge in [0.15, 0.2) is 0 Å². The summed E-state index contributed by atoms with van der Waals surface area (Å²) in [6.45, 7) is 6.70. The van der Waals surface area contributed by atoms with Gasteiger partial charge in [-0.1, -0.05) is 18.2 Å². The fourth-order valence-corrected chi connectivity index (χ4v) is 3.58. The van der Waals surface area contributed by atoms with Crippen molar-refractivity contribution in [3.05, 3.63) is 29.8 Å². The Labute approximate surface area is 142 Å². The largest absolute Gasteiger partial charge is 0.452 e. The van der Waals surface area contributed by atoms with Crippen LogP contribution in [-0.4, -0.2) is 48.9 Å². The van der Waals surface area contributed by atoms with Crippen LogP contribution in [0.3, 0.4) is 0 Å². The highest BCUT2D eigenvalue weighted by atomic mass is 16.6. The van der Waals surface area contributed by atoms with Crippen LogP contribution in [0.15, 0.2) is 24.3 Å². The van der Waals surface area contributed by atoms with E-state index >= 15 is 0 Å². The fraction of sp³-hybridized carbons (Fsp3) is 0.556. The fourth-order valence-electron chi connectivity index (χ4n) is 3.58. The van der Waals surface area contributed by atoms with Crippen LogP contribution in [0.5, 0.6) is 0 Å². The zero-order valence-corrected chi connectivity index (χ0v) is 14.6. The molecule has 2 aliphatic heterocycles. The van der Waals surface area contributed by atoms with E-state index in [1.165, 1.54) is 7.11 Å². The van der Waals surface area contributed by atoms with Crippen molar-refractivity contribution in [2.24, 2.45) is 0 Å². The van der Waals surface area contributed by atoms with Gasteiger partial charge in [-0.25, -0.2) is 9.59 Å². The maximum atomic E-state index is 12.4. The zero-order valence-electron chi connectivity index (χ0n) is 14.6. The van der Waals surface area contributed by atoms with E-state index in [4.69, 9.17) is 9.47 Å². The van der Waals surface area contributed by atoms with Gasteiger partial charge >= 0.3 is 12.2 Å². The molecule has 0 aromatic heterocycles. The first kappa shape index (κ1) is 16.6. The van der Waals surface area contributed by atoms with E-state index < -0.39 is 5.60 Å². The smallest absolute Gasteiger partial charge is 0.414 e. The van der Waals surface area contributed by atoms with Gasteiger partial charge in [-0.05, 0) is 38.8 Å². The third-order valence-electron chi connectivity index (χ3n) is 4.53. The molecule has 1 aromatic carbocycles. The molecule has 0 aliphatic carbocycles. The van der Waals surface area contributed by atoms with Crippen LogP contribution < -0.4 is 4.90 Å². The maximum absolute atomic E-state index is 12.4. The first-order chi connectivity index (χ1) is 11.3. The van der Waals surface area contributed by atoms with Crippen LogP contribution in [0, 0.1) is 0 Å². The number of rotatable bonds is 0. The first-order valence-electron chi connectivity index (χ1n) is 8.26. The number of nitrogens with zero attached hydrogens (tertiary/aromatic N) is 2. The summed E-state index contributed by atoms with van der Waals surface area (Å²) in [5.41, 5.74) is 1.45. The Morgan fingerprint density at radius 1 is 1.17 bits per heavy atom. The molecule has 0 bridgehead atoms. The zero-order chi connectivity index (χ0) is 17.5. The van der Waals surface area contributed by atoms with Crippen LogP contribution in [0.4, 0.5) is 15.3 Å². The summed E-state index contributed by atoms with van der Waals surface area (Å²) in [5.74, 6) is 0.0848. The molecule has 1 fully saturated rings. The molecule has 24 heavy (non-hydrogen) atoms. The number of anilines is 1. The minimum absolute atomic E-state index is 0.0218. The minimum Gasteiger partial charge on any atom is -0.452 e. The Kier molecular flexibility index (Phi) is 4.15. The van der Waals surface area contributed by atoms with Crippen molar-refractivity contribution in [2.45, 2.75) is 44.8 Å². The first-order valence-corrected chi connectivity index (χ1v) is 8.26. The number of hydrogen-bond acceptors (Lipinski definition) is 4. The SMILES string of the molecule is COC(=O)N1c2ccccc2[C@@H]2CN(C(=O)OC(C)(C)C)CC[C@H]21. The van der Waals surface area contributed by atoms with Crippen molar-refractivity contribution < 1.29 is 19.1 Å². The third-order valence-corrected chi connectivity index (χ3v) is 4.53. The van der Waals surface area contributed by atoms with Crippen LogP contribution in [0.2, 0.25) is 0 Å². The van der Waals surface area contributed by atoms with Gasteiger partial charge in [0.25, 0.3) is 0 Å². The Hall–Kier alpha value is -2.24. The highest BCUT2D eigenvalue weighted by Gasteiger charge is 2.46.